The van der Waals surface area contributed by atoms with Crippen molar-refractivity contribution in [2.24, 2.45) is 0 Å². The molecule has 0 unspecified atom stereocenters. The van der Waals surface area contributed by atoms with E-state index >= 15 is 0 Å². The van der Waals surface area contributed by atoms with E-state index in [0.717, 1.165) is 19.2 Å². The van der Waals surface area contributed by atoms with Gasteiger partial charge in [-0.1, -0.05) is 33.6 Å². The Balaban J connectivity index is 1.52. The molecule has 0 heterocycles. The second kappa shape index (κ2) is 12.5. The van der Waals surface area contributed by atoms with E-state index in [9.17, 15) is 21.6 Å². The van der Waals surface area contributed by atoms with Crippen LogP contribution in [-0.4, -0.2) is 35.5 Å². The predicted molar refractivity (Wildman–Crippen MR) is 164 cm³/mol. The molecule has 208 valence electrons. The minimum atomic E-state index is -4.07. The highest BCUT2D eigenvalue weighted by Gasteiger charge is 2.27. The number of thioether (sulfide) groups is 1. The molecular weight excluding hydrogens is 634 g/mol. The van der Waals surface area contributed by atoms with Gasteiger partial charge in [-0.3, -0.25) is 13.8 Å². The molecule has 0 aliphatic heterocycles. The summed E-state index contributed by atoms with van der Waals surface area (Å²) in [5.74, 6) is -0.589. The van der Waals surface area contributed by atoms with Crippen LogP contribution in [0.15, 0.2) is 116 Å². The highest BCUT2D eigenvalue weighted by molar-refractivity contribution is 9.10. The van der Waals surface area contributed by atoms with Crippen molar-refractivity contribution in [2.75, 3.05) is 27.1 Å². The Kier molecular flexibility index (Phi) is 9.24. The highest BCUT2D eigenvalue weighted by Crippen LogP contribution is 2.26. The van der Waals surface area contributed by atoms with E-state index in [-0.39, 0.29) is 9.79 Å². The van der Waals surface area contributed by atoms with Gasteiger partial charge in [0.05, 0.1) is 15.5 Å². The van der Waals surface area contributed by atoms with Crippen molar-refractivity contribution in [2.45, 2.75) is 21.6 Å². The van der Waals surface area contributed by atoms with E-state index in [2.05, 4.69) is 26.0 Å². The van der Waals surface area contributed by atoms with Crippen molar-refractivity contribution in [3.8, 4) is 0 Å². The summed E-state index contributed by atoms with van der Waals surface area (Å²) in [5.41, 5.74) is 2.01. The van der Waals surface area contributed by atoms with Gasteiger partial charge in [-0.25, -0.2) is 16.8 Å². The topological polar surface area (TPSA) is 113 Å². The van der Waals surface area contributed by atoms with Crippen LogP contribution in [0.25, 0.3) is 0 Å². The van der Waals surface area contributed by atoms with E-state index in [1.807, 2.05) is 13.2 Å². The van der Waals surface area contributed by atoms with Gasteiger partial charge in [0.15, 0.2) is 0 Å². The fraction of sp³-hybridized carbons (Fsp3) is 0.107. The van der Waals surface area contributed by atoms with E-state index in [4.69, 9.17) is 0 Å². The molecule has 0 aromatic heterocycles. The number of carbonyl (C=O) groups excluding carboxylic acids is 1. The maximum atomic E-state index is 13.6. The number of nitrogens with zero attached hydrogens (tertiary/aromatic N) is 1. The molecule has 0 radical (unpaired) electrons. The molecule has 12 heteroatoms. The third-order valence-electron chi connectivity index (χ3n) is 5.80. The molecule has 4 aromatic rings. The molecule has 0 fully saturated rings. The van der Waals surface area contributed by atoms with Crippen LogP contribution in [0.5, 0.6) is 0 Å². The number of halogens is 1. The maximum absolute atomic E-state index is 13.6. The Bertz CT molecular complexity index is 1690. The van der Waals surface area contributed by atoms with E-state index in [1.54, 1.807) is 60.7 Å². The molecule has 1 amide bonds. The largest absolute Gasteiger partial charge is 0.325 e. The number of hydrogen-bond acceptors (Lipinski definition) is 6. The van der Waals surface area contributed by atoms with Crippen molar-refractivity contribution in [1.29, 1.82) is 0 Å². The fourth-order valence-electron chi connectivity index (χ4n) is 3.68. The lowest BCUT2D eigenvalue weighted by molar-refractivity contribution is -0.114. The number of benzene rings is 4. The van der Waals surface area contributed by atoms with Gasteiger partial charge in [-0.2, -0.15) is 0 Å². The molecule has 0 spiro atoms. The molecule has 0 atom stereocenters. The minimum absolute atomic E-state index is 0.00552. The highest BCUT2D eigenvalue weighted by atomic mass is 79.9. The smallest absolute Gasteiger partial charge is 0.264 e. The lowest BCUT2D eigenvalue weighted by Crippen LogP contribution is -2.38. The molecule has 0 aliphatic rings. The number of aryl methyl sites for hydroxylation is 1. The number of carbonyl (C=O) groups is 1. The summed E-state index contributed by atoms with van der Waals surface area (Å²) >= 11 is 4.80. The van der Waals surface area contributed by atoms with Crippen LogP contribution in [0.3, 0.4) is 0 Å². The zero-order valence-electron chi connectivity index (χ0n) is 21.5. The third-order valence-corrected chi connectivity index (χ3v) is 10.3. The quantitative estimate of drug-likeness (QED) is 0.199. The number of rotatable bonds is 10. The van der Waals surface area contributed by atoms with Crippen molar-refractivity contribution >= 4 is 70.7 Å². The van der Waals surface area contributed by atoms with E-state index < -0.39 is 32.5 Å². The Hall–Kier alpha value is -3.32. The van der Waals surface area contributed by atoms with Crippen LogP contribution >= 0.6 is 27.7 Å². The number of anilines is 3. The zero-order valence-corrected chi connectivity index (χ0v) is 25.6. The van der Waals surface area contributed by atoms with Crippen molar-refractivity contribution in [3.05, 3.63) is 107 Å². The first-order valence-electron chi connectivity index (χ1n) is 11.9. The van der Waals surface area contributed by atoms with Crippen molar-refractivity contribution < 1.29 is 21.6 Å². The van der Waals surface area contributed by atoms with Crippen LogP contribution in [-0.2, 0) is 24.8 Å². The molecular formula is C28H26BrN3O5S3. The lowest BCUT2D eigenvalue weighted by Gasteiger charge is -2.24. The molecule has 0 bridgehead atoms. The number of hydrogen-bond donors (Lipinski definition) is 2. The monoisotopic (exact) mass is 659 g/mol. The second-order valence-electron chi connectivity index (χ2n) is 8.71. The Labute approximate surface area is 247 Å². The van der Waals surface area contributed by atoms with Crippen molar-refractivity contribution in [1.82, 2.24) is 0 Å². The standard InChI is InChI=1S/C28H26BrN3O5S3/c1-20-3-11-24(12-4-20)32(40(36,37)27-17-13-25(38-2)14-18-27)19-28(33)30-22-9-15-26(16-10-22)39(34,35)31-23-7-5-21(29)6-8-23/h3-18,31H,19H2,1-2H3,(H,30,33). The zero-order chi connectivity index (χ0) is 28.9. The predicted octanol–water partition coefficient (Wildman–Crippen LogP) is 6.11. The molecule has 4 aromatic carbocycles. The molecule has 8 nitrogen and oxygen atoms in total. The van der Waals surface area contributed by atoms with Gasteiger partial charge in [-0.05, 0) is 98.1 Å². The summed E-state index contributed by atoms with van der Waals surface area (Å²) in [6.07, 6.45) is 1.90. The first-order chi connectivity index (χ1) is 19.0. The molecule has 40 heavy (non-hydrogen) atoms. The average Bonchev–Trinajstić information content (AvgIpc) is 2.94. The summed E-state index contributed by atoms with van der Waals surface area (Å²) in [6.45, 7) is 1.40. The maximum Gasteiger partial charge on any atom is 0.264 e. The van der Waals surface area contributed by atoms with Crippen LogP contribution in [0.2, 0.25) is 0 Å². The van der Waals surface area contributed by atoms with E-state index in [0.29, 0.717) is 17.1 Å². The SMILES string of the molecule is CSc1ccc(S(=O)(=O)N(CC(=O)Nc2ccc(S(=O)(=O)Nc3ccc(Br)cc3)cc2)c2ccc(C)cc2)cc1. The second-order valence-corrected chi connectivity index (χ2v) is 14.0. The first-order valence-corrected chi connectivity index (χ1v) is 16.8. The molecule has 0 saturated heterocycles. The third kappa shape index (κ3) is 7.25. The summed E-state index contributed by atoms with van der Waals surface area (Å²) in [5, 5.41) is 2.66. The molecule has 2 N–H and O–H groups in total. The Morgan fingerprint density at radius 1 is 0.775 bits per heavy atom. The number of sulfonamides is 2. The van der Waals surface area contributed by atoms with Gasteiger partial charge in [0.2, 0.25) is 5.91 Å². The lowest BCUT2D eigenvalue weighted by atomic mass is 10.2. The van der Waals surface area contributed by atoms with Gasteiger partial charge in [0.1, 0.15) is 6.54 Å². The summed E-state index contributed by atoms with van der Waals surface area (Å²) in [7, 11) is -7.92. The molecule has 4 rings (SSSR count). The molecule has 0 saturated carbocycles. The summed E-state index contributed by atoms with van der Waals surface area (Å²) < 4.78 is 57.0. The first kappa shape index (κ1) is 29.7. The van der Waals surface area contributed by atoms with Crippen LogP contribution in [0.1, 0.15) is 5.56 Å². The average molecular weight is 661 g/mol. The van der Waals surface area contributed by atoms with Crippen LogP contribution < -0.4 is 14.3 Å². The fourth-order valence-corrected chi connectivity index (χ4v) is 6.83. The Morgan fingerprint density at radius 2 is 1.32 bits per heavy atom. The minimum Gasteiger partial charge on any atom is -0.325 e. The van der Waals surface area contributed by atoms with Crippen LogP contribution in [0.4, 0.5) is 17.1 Å². The van der Waals surface area contributed by atoms with Gasteiger partial charge in [0, 0.05) is 20.7 Å². The number of amides is 1. The van der Waals surface area contributed by atoms with Crippen molar-refractivity contribution in [3.63, 3.8) is 0 Å². The van der Waals surface area contributed by atoms with E-state index in [1.165, 1.54) is 48.2 Å². The van der Waals surface area contributed by atoms with Gasteiger partial charge >= 0.3 is 0 Å². The van der Waals surface area contributed by atoms with Crippen LogP contribution in [0, 0.1) is 6.92 Å². The van der Waals surface area contributed by atoms with Gasteiger partial charge in [0.25, 0.3) is 20.0 Å². The molecule has 0 aliphatic carbocycles. The van der Waals surface area contributed by atoms with Gasteiger partial charge in [-0.15, -0.1) is 11.8 Å². The Morgan fingerprint density at radius 3 is 1.90 bits per heavy atom. The number of nitrogens with one attached hydrogen (secondary N) is 2. The van der Waals surface area contributed by atoms with Gasteiger partial charge < -0.3 is 5.32 Å². The normalized spacial score (nSPS) is 11.6. The summed E-state index contributed by atoms with van der Waals surface area (Å²) in [6, 6.07) is 25.6. The summed E-state index contributed by atoms with van der Waals surface area (Å²) in [4.78, 5) is 14.0.